The van der Waals surface area contributed by atoms with Crippen LogP contribution in [0, 0.1) is 0 Å². The van der Waals surface area contributed by atoms with Crippen LogP contribution in [0.1, 0.15) is 12.8 Å². The number of anilines is 1. The second-order valence-corrected chi connectivity index (χ2v) is 6.16. The SMILES string of the molecule is CN(C(=O)[C@H]1CCC(=O)N1)c1ccc(S(N)(=O)=O)cc1. The van der Waals surface area contributed by atoms with Crippen LogP contribution in [-0.2, 0) is 19.6 Å². The molecule has 1 aromatic rings. The molecule has 108 valence electrons. The van der Waals surface area contributed by atoms with E-state index >= 15 is 0 Å². The van der Waals surface area contributed by atoms with E-state index in [1.54, 1.807) is 7.05 Å². The standard InChI is InChI=1S/C12H15N3O4S/c1-15(12(17)10-6-7-11(16)14-10)8-2-4-9(5-3-8)20(13,18)19/h2-5,10H,6-7H2,1H3,(H,14,16)(H2,13,18,19)/t10-/m1/s1. The van der Waals surface area contributed by atoms with Gasteiger partial charge in [0.15, 0.2) is 0 Å². The molecule has 1 aromatic carbocycles. The van der Waals surface area contributed by atoms with Gasteiger partial charge in [0.25, 0.3) is 0 Å². The van der Waals surface area contributed by atoms with Crippen LogP contribution >= 0.6 is 0 Å². The fourth-order valence-corrected chi connectivity index (χ4v) is 2.54. The molecule has 0 aromatic heterocycles. The van der Waals surface area contributed by atoms with Crippen molar-refractivity contribution in [3.63, 3.8) is 0 Å². The van der Waals surface area contributed by atoms with E-state index in [-0.39, 0.29) is 16.7 Å². The van der Waals surface area contributed by atoms with Gasteiger partial charge in [-0.15, -0.1) is 0 Å². The van der Waals surface area contributed by atoms with Crippen LogP contribution in [0.3, 0.4) is 0 Å². The summed E-state index contributed by atoms with van der Waals surface area (Å²) in [6, 6.07) is 5.14. The summed E-state index contributed by atoms with van der Waals surface area (Å²) in [6.07, 6.45) is 0.811. The number of nitrogens with zero attached hydrogens (tertiary/aromatic N) is 1. The van der Waals surface area contributed by atoms with Gasteiger partial charge in [0.2, 0.25) is 21.8 Å². The number of nitrogens with two attached hydrogens (primary N) is 1. The first kappa shape index (κ1) is 14.5. The summed E-state index contributed by atoms with van der Waals surface area (Å²) < 4.78 is 22.3. The average Bonchev–Trinajstić information content (AvgIpc) is 2.83. The number of hydrogen-bond donors (Lipinski definition) is 2. The molecule has 8 heteroatoms. The fraction of sp³-hybridized carbons (Fsp3) is 0.333. The molecule has 1 heterocycles. The lowest BCUT2D eigenvalue weighted by Crippen LogP contribution is -2.42. The number of carbonyl (C=O) groups is 2. The Kier molecular flexibility index (Phi) is 3.78. The van der Waals surface area contributed by atoms with Gasteiger partial charge in [-0.2, -0.15) is 0 Å². The Bertz CT molecular complexity index is 639. The third-order valence-corrected chi connectivity index (χ3v) is 4.11. The molecule has 2 amide bonds. The molecule has 1 fully saturated rings. The van der Waals surface area contributed by atoms with Crippen molar-refractivity contribution in [3.05, 3.63) is 24.3 Å². The number of carbonyl (C=O) groups excluding carboxylic acids is 2. The maximum Gasteiger partial charge on any atom is 0.249 e. The van der Waals surface area contributed by atoms with E-state index in [4.69, 9.17) is 5.14 Å². The molecule has 7 nitrogen and oxygen atoms in total. The molecular formula is C12H15N3O4S. The molecule has 0 bridgehead atoms. The van der Waals surface area contributed by atoms with Gasteiger partial charge in [0, 0.05) is 19.2 Å². The number of primary sulfonamides is 1. The second-order valence-electron chi connectivity index (χ2n) is 4.59. The predicted octanol–water partition coefficient (Wildman–Crippen LogP) is -0.425. The van der Waals surface area contributed by atoms with Crippen LogP contribution in [0.15, 0.2) is 29.2 Å². The highest BCUT2D eigenvalue weighted by atomic mass is 32.2. The first-order chi connectivity index (χ1) is 9.29. The van der Waals surface area contributed by atoms with E-state index in [0.29, 0.717) is 18.5 Å². The largest absolute Gasteiger partial charge is 0.344 e. The second kappa shape index (κ2) is 5.22. The number of sulfonamides is 1. The minimum absolute atomic E-state index is 0.0173. The quantitative estimate of drug-likeness (QED) is 0.789. The predicted molar refractivity (Wildman–Crippen MR) is 72.4 cm³/mol. The summed E-state index contributed by atoms with van der Waals surface area (Å²) in [5.41, 5.74) is 0.531. The van der Waals surface area contributed by atoms with Crippen molar-refractivity contribution in [2.45, 2.75) is 23.8 Å². The third kappa shape index (κ3) is 2.97. The third-order valence-electron chi connectivity index (χ3n) is 3.18. The Morgan fingerprint density at radius 1 is 1.35 bits per heavy atom. The van der Waals surface area contributed by atoms with Gasteiger partial charge in [0.1, 0.15) is 6.04 Å². The first-order valence-electron chi connectivity index (χ1n) is 5.99. The van der Waals surface area contributed by atoms with Crippen molar-refractivity contribution in [1.29, 1.82) is 0 Å². The average molecular weight is 297 g/mol. The zero-order valence-electron chi connectivity index (χ0n) is 10.9. The van der Waals surface area contributed by atoms with Crippen molar-refractivity contribution in [2.24, 2.45) is 5.14 Å². The molecular weight excluding hydrogens is 282 g/mol. The molecule has 2 rings (SSSR count). The number of amides is 2. The molecule has 1 saturated heterocycles. The van der Waals surface area contributed by atoms with Gasteiger partial charge in [-0.05, 0) is 30.7 Å². The fourth-order valence-electron chi connectivity index (χ4n) is 2.02. The van der Waals surface area contributed by atoms with Gasteiger partial charge in [0.05, 0.1) is 4.90 Å². The molecule has 20 heavy (non-hydrogen) atoms. The van der Waals surface area contributed by atoms with Crippen molar-refractivity contribution >= 4 is 27.5 Å². The summed E-state index contributed by atoms with van der Waals surface area (Å²) in [6.45, 7) is 0. The molecule has 3 N–H and O–H groups in total. The Morgan fingerprint density at radius 2 is 1.95 bits per heavy atom. The highest BCUT2D eigenvalue weighted by Crippen LogP contribution is 2.18. The summed E-state index contributed by atoms with van der Waals surface area (Å²) in [5.74, 6) is -0.375. The Labute approximate surface area is 116 Å². The maximum atomic E-state index is 12.1. The molecule has 0 spiro atoms. The topological polar surface area (TPSA) is 110 Å². The summed E-state index contributed by atoms with van der Waals surface area (Å²) in [4.78, 5) is 24.6. The summed E-state index contributed by atoms with van der Waals surface area (Å²) in [5, 5.41) is 7.60. The Hall–Kier alpha value is -1.93. The molecule has 0 radical (unpaired) electrons. The number of nitrogens with one attached hydrogen (secondary N) is 1. The highest BCUT2D eigenvalue weighted by Gasteiger charge is 2.29. The summed E-state index contributed by atoms with van der Waals surface area (Å²) >= 11 is 0. The van der Waals surface area contributed by atoms with Crippen molar-refractivity contribution < 1.29 is 18.0 Å². The normalized spacial score (nSPS) is 18.7. The zero-order valence-corrected chi connectivity index (χ0v) is 11.7. The Morgan fingerprint density at radius 3 is 2.40 bits per heavy atom. The van der Waals surface area contributed by atoms with E-state index in [1.807, 2.05) is 0 Å². The zero-order chi connectivity index (χ0) is 14.9. The minimum atomic E-state index is -3.75. The van der Waals surface area contributed by atoms with Crippen molar-refractivity contribution in [1.82, 2.24) is 5.32 Å². The molecule has 0 unspecified atom stereocenters. The molecule has 1 atom stereocenters. The Balaban J connectivity index is 2.15. The number of likely N-dealkylation sites (N-methyl/N-ethyl adjacent to an activating group) is 1. The smallest absolute Gasteiger partial charge is 0.249 e. The highest BCUT2D eigenvalue weighted by molar-refractivity contribution is 7.89. The lowest BCUT2D eigenvalue weighted by Gasteiger charge is -2.21. The summed E-state index contributed by atoms with van der Waals surface area (Å²) in [7, 11) is -2.18. The number of hydrogen-bond acceptors (Lipinski definition) is 4. The van der Waals surface area contributed by atoms with E-state index in [0.717, 1.165) is 0 Å². The van der Waals surface area contributed by atoms with Gasteiger partial charge in [-0.25, -0.2) is 13.6 Å². The van der Waals surface area contributed by atoms with Crippen LogP contribution in [0.25, 0.3) is 0 Å². The minimum Gasteiger partial charge on any atom is -0.344 e. The molecule has 0 saturated carbocycles. The van der Waals surface area contributed by atoms with Gasteiger partial charge < -0.3 is 10.2 Å². The lowest BCUT2D eigenvalue weighted by molar-refractivity contribution is -0.123. The van der Waals surface area contributed by atoms with E-state index in [9.17, 15) is 18.0 Å². The van der Waals surface area contributed by atoms with Gasteiger partial charge in [-0.1, -0.05) is 0 Å². The monoisotopic (exact) mass is 297 g/mol. The lowest BCUT2D eigenvalue weighted by atomic mass is 10.2. The van der Waals surface area contributed by atoms with Crippen molar-refractivity contribution in [2.75, 3.05) is 11.9 Å². The number of benzene rings is 1. The van der Waals surface area contributed by atoms with Gasteiger partial charge in [-0.3, -0.25) is 9.59 Å². The number of rotatable bonds is 3. The van der Waals surface area contributed by atoms with Crippen LogP contribution in [0.2, 0.25) is 0 Å². The van der Waals surface area contributed by atoms with E-state index in [1.165, 1.54) is 29.2 Å². The van der Waals surface area contributed by atoms with E-state index in [2.05, 4.69) is 5.32 Å². The molecule has 0 aliphatic carbocycles. The maximum absolute atomic E-state index is 12.1. The van der Waals surface area contributed by atoms with E-state index < -0.39 is 16.1 Å². The van der Waals surface area contributed by atoms with Crippen LogP contribution < -0.4 is 15.4 Å². The molecule has 1 aliphatic rings. The van der Waals surface area contributed by atoms with Crippen LogP contribution in [-0.4, -0.2) is 33.3 Å². The van der Waals surface area contributed by atoms with Crippen LogP contribution in [0.5, 0.6) is 0 Å². The molecule has 1 aliphatic heterocycles. The van der Waals surface area contributed by atoms with Crippen molar-refractivity contribution in [3.8, 4) is 0 Å². The van der Waals surface area contributed by atoms with Gasteiger partial charge >= 0.3 is 0 Å². The van der Waals surface area contributed by atoms with Crippen LogP contribution in [0.4, 0.5) is 5.69 Å². The first-order valence-corrected chi connectivity index (χ1v) is 7.53.